The van der Waals surface area contributed by atoms with Crippen molar-refractivity contribution in [2.45, 2.75) is 36.3 Å². The van der Waals surface area contributed by atoms with Crippen molar-refractivity contribution in [3.63, 3.8) is 0 Å². The summed E-state index contributed by atoms with van der Waals surface area (Å²) < 4.78 is 17.3. The highest BCUT2D eigenvalue weighted by atomic mass is 16.7. The SMILES string of the molecule is O=C(C=Cc1ccc(O)cc1)C(O)[C@H]1OC(Oc2c(-c3ccc(O)cc3)oc3cc(O)cc(O)c3c2=O)[C@@H](O)[C@@H](O)[C@@]1(O)C(=O)C=Cc1ccc(O)cc1. The van der Waals surface area contributed by atoms with Crippen molar-refractivity contribution in [3.8, 4) is 45.8 Å². The summed E-state index contributed by atoms with van der Waals surface area (Å²) in [5.74, 6) is -5.13. The first-order chi connectivity index (χ1) is 25.7. The van der Waals surface area contributed by atoms with Crippen molar-refractivity contribution in [1.82, 2.24) is 0 Å². The van der Waals surface area contributed by atoms with E-state index in [4.69, 9.17) is 13.9 Å². The number of aromatic hydroxyl groups is 5. The molecule has 4 aromatic carbocycles. The highest BCUT2D eigenvalue weighted by Crippen LogP contribution is 2.39. The van der Waals surface area contributed by atoms with Gasteiger partial charge in [0.1, 0.15) is 64.1 Å². The Morgan fingerprint density at radius 1 is 0.759 bits per heavy atom. The number of hydrogen-bond donors (Lipinski definition) is 9. The summed E-state index contributed by atoms with van der Waals surface area (Å²) >= 11 is 0. The minimum absolute atomic E-state index is 0.0565. The molecule has 54 heavy (non-hydrogen) atoms. The third-order valence-electron chi connectivity index (χ3n) is 8.68. The van der Waals surface area contributed by atoms with Gasteiger partial charge in [-0.25, -0.2) is 0 Å². The third kappa shape index (κ3) is 7.25. The third-order valence-corrected chi connectivity index (χ3v) is 8.68. The fourth-order valence-electron chi connectivity index (χ4n) is 5.80. The number of carbonyl (C=O) groups excluding carboxylic acids is 2. The van der Waals surface area contributed by atoms with Gasteiger partial charge in [-0.1, -0.05) is 36.4 Å². The van der Waals surface area contributed by atoms with E-state index in [0.717, 1.165) is 24.3 Å². The van der Waals surface area contributed by atoms with Crippen LogP contribution in [0.3, 0.4) is 0 Å². The Bertz CT molecular complexity index is 2310. The first-order valence-corrected chi connectivity index (χ1v) is 16.1. The molecule has 1 fully saturated rings. The number of benzene rings is 4. The summed E-state index contributed by atoms with van der Waals surface area (Å²) in [6.45, 7) is 0. The molecule has 1 saturated heterocycles. The van der Waals surface area contributed by atoms with E-state index in [0.29, 0.717) is 11.1 Å². The Labute approximate surface area is 304 Å². The number of aliphatic hydroxyl groups excluding tert-OH is 3. The zero-order chi connectivity index (χ0) is 38.9. The van der Waals surface area contributed by atoms with E-state index in [-0.39, 0.29) is 34.2 Å². The molecular formula is C39H32O15. The second-order valence-corrected chi connectivity index (χ2v) is 12.3. The van der Waals surface area contributed by atoms with E-state index >= 15 is 0 Å². The van der Waals surface area contributed by atoms with Gasteiger partial charge < -0.3 is 59.8 Å². The molecule has 2 heterocycles. The largest absolute Gasteiger partial charge is 0.508 e. The minimum Gasteiger partial charge on any atom is -0.508 e. The predicted molar refractivity (Wildman–Crippen MR) is 189 cm³/mol. The van der Waals surface area contributed by atoms with Gasteiger partial charge in [0.15, 0.2) is 22.9 Å². The smallest absolute Gasteiger partial charge is 0.239 e. The molecule has 6 rings (SSSR count). The molecule has 0 radical (unpaired) electrons. The lowest BCUT2D eigenvalue weighted by Crippen LogP contribution is -2.73. The number of phenolic OH excluding ortho intramolecular Hbond substituents is 5. The molecule has 2 unspecified atom stereocenters. The number of phenols is 5. The van der Waals surface area contributed by atoms with Gasteiger partial charge in [-0.05, 0) is 71.8 Å². The number of hydrogen-bond acceptors (Lipinski definition) is 15. The van der Waals surface area contributed by atoms with Crippen molar-refractivity contribution in [1.29, 1.82) is 0 Å². The van der Waals surface area contributed by atoms with E-state index in [1.165, 1.54) is 84.9 Å². The van der Waals surface area contributed by atoms with Crippen LogP contribution in [0, 0.1) is 0 Å². The highest BCUT2D eigenvalue weighted by Gasteiger charge is 2.62. The fraction of sp³-hybridized carbons (Fsp3) is 0.154. The van der Waals surface area contributed by atoms with Gasteiger partial charge in [-0.3, -0.25) is 14.4 Å². The number of rotatable bonds is 10. The van der Waals surface area contributed by atoms with Crippen molar-refractivity contribution in [2.75, 3.05) is 0 Å². The van der Waals surface area contributed by atoms with Crippen LogP contribution in [0.25, 0.3) is 34.4 Å². The molecule has 0 spiro atoms. The van der Waals surface area contributed by atoms with Crippen LogP contribution in [0.4, 0.5) is 0 Å². The average Bonchev–Trinajstić information content (AvgIpc) is 3.14. The van der Waals surface area contributed by atoms with Crippen LogP contribution >= 0.6 is 0 Å². The molecule has 1 aromatic heterocycles. The Hall–Kier alpha value is -6.49. The van der Waals surface area contributed by atoms with E-state index in [1.807, 2.05) is 0 Å². The molecule has 9 N–H and O–H groups in total. The molecule has 1 aliphatic rings. The Morgan fingerprint density at radius 3 is 1.87 bits per heavy atom. The van der Waals surface area contributed by atoms with E-state index < -0.39 is 75.9 Å². The quantitative estimate of drug-likeness (QED) is 0.0932. The lowest BCUT2D eigenvalue weighted by atomic mass is 9.77. The second kappa shape index (κ2) is 14.9. The van der Waals surface area contributed by atoms with Gasteiger partial charge in [-0.15, -0.1) is 0 Å². The summed E-state index contributed by atoms with van der Waals surface area (Å²) in [6.07, 6.45) is -7.87. The van der Waals surface area contributed by atoms with Crippen molar-refractivity contribution >= 4 is 34.7 Å². The fourth-order valence-corrected chi connectivity index (χ4v) is 5.80. The summed E-state index contributed by atoms with van der Waals surface area (Å²) in [5, 5.41) is 94.9. The lowest BCUT2D eigenvalue weighted by Gasteiger charge is -2.47. The van der Waals surface area contributed by atoms with Crippen LogP contribution < -0.4 is 10.2 Å². The molecule has 0 amide bonds. The summed E-state index contributed by atoms with van der Waals surface area (Å²) in [7, 11) is 0. The predicted octanol–water partition coefficient (Wildman–Crippen LogP) is 2.47. The topological polar surface area (TPSA) is 265 Å². The second-order valence-electron chi connectivity index (χ2n) is 12.3. The number of ether oxygens (including phenoxy) is 2. The summed E-state index contributed by atoms with van der Waals surface area (Å²) in [5.41, 5.74) is -3.79. The van der Waals surface area contributed by atoms with Crippen molar-refractivity contribution in [3.05, 3.63) is 118 Å². The van der Waals surface area contributed by atoms with Gasteiger partial charge in [0, 0.05) is 17.7 Å². The first kappa shape index (κ1) is 37.3. The van der Waals surface area contributed by atoms with Gasteiger partial charge in [0.2, 0.25) is 17.5 Å². The maximum absolute atomic E-state index is 13.9. The van der Waals surface area contributed by atoms with Gasteiger partial charge in [0.25, 0.3) is 0 Å². The van der Waals surface area contributed by atoms with Crippen LogP contribution in [-0.4, -0.2) is 93.8 Å². The Kier molecular flexibility index (Phi) is 10.3. The van der Waals surface area contributed by atoms with Gasteiger partial charge >= 0.3 is 0 Å². The van der Waals surface area contributed by atoms with E-state index in [1.54, 1.807) is 0 Å². The molecule has 15 heteroatoms. The van der Waals surface area contributed by atoms with Crippen LogP contribution in [-0.2, 0) is 14.3 Å². The first-order valence-electron chi connectivity index (χ1n) is 16.1. The van der Waals surface area contributed by atoms with Crippen molar-refractivity contribution < 1.29 is 69.4 Å². The Balaban J connectivity index is 1.42. The molecule has 0 bridgehead atoms. The van der Waals surface area contributed by atoms with Crippen LogP contribution in [0.5, 0.6) is 34.5 Å². The summed E-state index contributed by atoms with van der Waals surface area (Å²) in [4.78, 5) is 40.9. The van der Waals surface area contributed by atoms with Gasteiger partial charge in [0.05, 0.1) is 0 Å². The van der Waals surface area contributed by atoms with E-state index in [9.17, 15) is 60.3 Å². The molecule has 6 atom stereocenters. The Morgan fingerprint density at radius 2 is 1.30 bits per heavy atom. The van der Waals surface area contributed by atoms with Crippen LogP contribution in [0.1, 0.15) is 11.1 Å². The monoisotopic (exact) mass is 740 g/mol. The molecule has 0 saturated carbocycles. The maximum Gasteiger partial charge on any atom is 0.239 e. The minimum atomic E-state index is -3.24. The molecule has 15 nitrogen and oxygen atoms in total. The molecule has 5 aromatic rings. The van der Waals surface area contributed by atoms with Crippen molar-refractivity contribution in [2.24, 2.45) is 0 Å². The number of carbonyl (C=O) groups is 2. The number of fused-ring (bicyclic) bond motifs is 1. The zero-order valence-electron chi connectivity index (χ0n) is 27.8. The van der Waals surface area contributed by atoms with Crippen LogP contribution in [0.15, 0.2) is 106 Å². The van der Waals surface area contributed by atoms with Gasteiger partial charge in [-0.2, -0.15) is 0 Å². The molecule has 1 aliphatic heterocycles. The van der Waals surface area contributed by atoms with Crippen LogP contribution in [0.2, 0.25) is 0 Å². The maximum atomic E-state index is 13.9. The molecule has 278 valence electrons. The lowest BCUT2D eigenvalue weighted by molar-refractivity contribution is -0.309. The number of ketones is 2. The molecular weight excluding hydrogens is 708 g/mol. The average molecular weight is 741 g/mol. The zero-order valence-corrected chi connectivity index (χ0v) is 27.8. The highest BCUT2D eigenvalue weighted by molar-refractivity contribution is 6.03. The number of aliphatic hydroxyl groups is 4. The van der Waals surface area contributed by atoms with E-state index in [2.05, 4.69) is 0 Å². The summed E-state index contributed by atoms with van der Waals surface area (Å²) in [6, 6.07) is 18.0. The normalized spacial score (nSPS) is 22.1. The standard InChI is InChI=1S/C39H32O15/c40-22-9-1-19(2-10-22)5-15-26(44)31(47)37-39(51,29(46)16-6-20-3-11-23(41)12-4-20)36(50)33(49)38(54-37)53-35-32(48)30-27(45)17-25(43)18-28(30)52-34(35)21-7-13-24(42)14-8-21/h1-18,31,33,36-38,40-43,45,47,49-51H/t31?,33-,36+,37+,38?,39-/m0/s1. The molecule has 0 aliphatic carbocycles.